The molecule has 8 N–H and O–H groups in total. The first-order chi connectivity index (χ1) is 15.2. The molecule has 0 aromatic carbocycles. The first-order valence-electron chi connectivity index (χ1n) is 11.5. The molecule has 4 rings (SSSR count). The first kappa shape index (κ1) is 24.7. The molecule has 11 heteroatoms. The molecule has 0 aromatic heterocycles. The van der Waals surface area contributed by atoms with Crippen molar-refractivity contribution in [2.75, 3.05) is 6.61 Å². The molecule has 0 radical (unpaired) electrons. The Balaban J connectivity index is 1.54. The maximum Gasteiger partial charge on any atom is 0.187 e. The van der Waals surface area contributed by atoms with Crippen LogP contribution in [0.15, 0.2) is 0 Å². The fourth-order valence-corrected chi connectivity index (χ4v) is 5.76. The average molecular weight is 465 g/mol. The summed E-state index contributed by atoms with van der Waals surface area (Å²) in [5.74, 6) is -0.496. The Bertz CT molecular complexity index is 621. The lowest BCUT2D eigenvalue weighted by atomic mass is 9.72. The van der Waals surface area contributed by atoms with Gasteiger partial charge in [-0.25, -0.2) is 0 Å². The minimum absolute atomic E-state index is 0.180. The molecule has 2 saturated carbocycles. The van der Waals surface area contributed by atoms with Gasteiger partial charge in [0.25, 0.3) is 0 Å². The zero-order valence-electron chi connectivity index (χ0n) is 17.8. The first-order valence-corrected chi connectivity index (χ1v) is 11.5. The number of hydrogen-bond acceptors (Lipinski definition) is 11. The van der Waals surface area contributed by atoms with Crippen LogP contribution in [-0.2, 0) is 14.2 Å². The standard InChI is InChI=1S/C21H36O11/c22-7-16-17(27)18(28)19(29)21(32-16)31-15-6-10-12(25)4-9(23)5-14(10)30-20(15)8-1-2-11(24)13(26)3-8/h8-29H,1-7H2/t8?,9?,10?,11?,12?,13?,14?,15?,16-,17+,18+,19-,20?,21-/m0/s1. The molecule has 2 aliphatic heterocycles. The number of fused-ring (bicyclic) bond motifs is 1. The van der Waals surface area contributed by atoms with Crippen LogP contribution in [0.2, 0.25) is 0 Å². The van der Waals surface area contributed by atoms with Gasteiger partial charge >= 0.3 is 0 Å². The van der Waals surface area contributed by atoms with Gasteiger partial charge in [0.05, 0.1) is 49.3 Å². The van der Waals surface area contributed by atoms with Crippen molar-refractivity contribution in [2.24, 2.45) is 11.8 Å². The van der Waals surface area contributed by atoms with Crippen molar-refractivity contribution in [1.29, 1.82) is 0 Å². The molecule has 186 valence electrons. The Labute approximate surface area is 186 Å². The second-order valence-corrected chi connectivity index (χ2v) is 9.81. The van der Waals surface area contributed by atoms with Crippen molar-refractivity contribution >= 4 is 0 Å². The highest BCUT2D eigenvalue weighted by Gasteiger charge is 2.51. The zero-order valence-corrected chi connectivity index (χ0v) is 17.8. The van der Waals surface area contributed by atoms with Crippen molar-refractivity contribution in [2.45, 2.75) is 112 Å². The van der Waals surface area contributed by atoms with Crippen molar-refractivity contribution in [1.82, 2.24) is 0 Å². The van der Waals surface area contributed by atoms with E-state index in [1.165, 1.54) is 0 Å². The minimum Gasteiger partial charge on any atom is -0.394 e. The minimum atomic E-state index is -1.58. The van der Waals surface area contributed by atoms with Crippen LogP contribution in [0.5, 0.6) is 0 Å². The summed E-state index contributed by atoms with van der Waals surface area (Å²) in [7, 11) is 0. The third kappa shape index (κ3) is 4.84. The number of ether oxygens (including phenoxy) is 3. The molecule has 2 aliphatic carbocycles. The van der Waals surface area contributed by atoms with Gasteiger partial charge in [-0.2, -0.15) is 0 Å². The van der Waals surface area contributed by atoms with Crippen molar-refractivity contribution in [3.63, 3.8) is 0 Å². The van der Waals surface area contributed by atoms with Gasteiger partial charge in [0.15, 0.2) is 6.29 Å². The van der Waals surface area contributed by atoms with Crippen LogP contribution in [0.4, 0.5) is 0 Å². The fraction of sp³-hybridized carbons (Fsp3) is 1.00. The molecular formula is C21H36O11. The van der Waals surface area contributed by atoms with E-state index < -0.39 is 80.0 Å². The van der Waals surface area contributed by atoms with Gasteiger partial charge < -0.3 is 55.1 Å². The molecule has 2 saturated heterocycles. The third-order valence-electron chi connectivity index (χ3n) is 7.64. The highest BCUT2D eigenvalue weighted by atomic mass is 16.7. The van der Waals surface area contributed by atoms with Gasteiger partial charge in [0.2, 0.25) is 0 Å². The smallest absolute Gasteiger partial charge is 0.187 e. The maximum atomic E-state index is 10.5. The van der Waals surface area contributed by atoms with Gasteiger partial charge in [0.1, 0.15) is 24.4 Å². The Morgan fingerprint density at radius 2 is 1.47 bits per heavy atom. The summed E-state index contributed by atoms with van der Waals surface area (Å²) in [4.78, 5) is 0. The van der Waals surface area contributed by atoms with E-state index in [2.05, 4.69) is 0 Å². The van der Waals surface area contributed by atoms with Crippen LogP contribution in [0.1, 0.15) is 38.5 Å². The normalized spacial score (nSPS) is 54.8. The molecule has 11 nitrogen and oxygen atoms in total. The molecule has 2 heterocycles. The summed E-state index contributed by atoms with van der Waals surface area (Å²) in [6, 6.07) is 0. The quantitative estimate of drug-likeness (QED) is 0.211. The highest BCUT2D eigenvalue weighted by molar-refractivity contribution is 4.99. The largest absolute Gasteiger partial charge is 0.394 e. The summed E-state index contributed by atoms with van der Waals surface area (Å²) in [5, 5.41) is 80.7. The molecule has 4 aliphatic rings. The predicted octanol–water partition coefficient (Wildman–Crippen LogP) is -3.02. The van der Waals surface area contributed by atoms with E-state index in [9.17, 15) is 40.9 Å². The van der Waals surface area contributed by atoms with Gasteiger partial charge in [-0.15, -0.1) is 0 Å². The third-order valence-corrected chi connectivity index (χ3v) is 7.64. The Hall–Kier alpha value is -0.440. The van der Waals surface area contributed by atoms with E-state index in [-0.39, 0.29) is 24.7 Å². The van der Waals surface area contributed by atoms with Gasteiger partial charge in [-0.1, -0.05) is 0 Å². The molecule has 4 fully saturated rings. The van der Waals surface area contributed by atoms with Crippen LogP contribution in [0.3, 0.4) is 0 Å². The van der Waals surface area contributed by atoms with E-state index in [0.717, 1.165) is 0 Å². The van der Waals surface area contributed by atoms with Crippen molar-refractivity contribution in [3.05, 3.63) is 0 Å². The molecule has 0 aromatic rings. The van der Waals surface area contributed by atoms with Crippen LogP contribution in [-0.4, -0.2) is 121 Å². The second kappa shape index (κ2) is 10.0. The van der Waals surface area contributed by atoms with Crippen molar-refractivity contribution in [3.8, 4) is 0 Å². The van der Waals surface area contributed by atoms with Gasteiger partial charge in [0, 0.05) is 5.92 Å². The molecule has 9 unspecified atom stereocenters. The lowest BCUT2D eigenvalue weighted by Gasteiger charge is -2.51. The van der Waals surface area contributed by atoms with Crippen LogP contribution >= 0.6 is 0 Å². The Kier molecular flexibility index (Phi) is 7.75. The van der Waals surface area contributed by atoms with Gasteiger partial charge in [-0.05, 0) is 44.4 Å². The van der Waals surface area contributed by atoms with E-state index in [0.29, 0.717) is 25.7 Å². The zero-order chi connectivity index (χ0) is 23.2. The number of aliphatic hydroxyl groups excluding tert-OH is 8. The lowest BCUT2D eigenvalue weighted by molar-refractivity contribution is -0.333. The Morgan fingerprint density at radius 1 is 0.719 bits per heavy atom. The summed E-state index contributed by atoms with van der Waals surface area (Å²) in [6.07, 6.45) is -9.82. The topological polar surface area (TPSA) is 190 Å². The molecule has 14 atom stereocenters. The number of aliphatic hydroxyl groups is 8. The number of rotatable bonds is 4. The van der Waals surface area contributed by atoms with Crippen molar-refractivity contribution < 1.29 is 55.1 Å². The van der Waals surface area contributed by atoms with E-state index >= 15 is 0 Å². The Morgan fingerprint density at radius 3 is 2.16 bits per heavy atom. The maximum absolute atomic E-state index is 10.5. The highest BCUT2D eigenvalue weighted by Crippen LogP contribution is 2.43. The number of hydrogen-bond donors (Lipinski definition) is 8. The van der Waals surface area contributed by atoms with Crippen LogP contribution < -0.4 is 0 Å². The predicted molar refractivity (Wildman–Crippen MR) is 106 cm³/mol. The van der Waals surface area contributed by atoms with Gasteiger partial charge in [-0.3, -0.25) is 0 Å². The monoisotopic (exact) mass is 464 g/mol. The molecule has 0 spiro atoms. The lowest BCUT2D eigenvalue weighted by Crippen LogP contribution is -2.62. The summed E-state index contributed by atoms with van der Waals surface area (Å²) in [6.45, 7) is -0.580. The SMILES string of the molecule is OC[C@@H]1O[C@H](OC2CC3C(O)CC(O)CC3OC2C2CCC(O)C(O)C2)[C@@H](O)[C@H](O)[C@@H]1O. The fourth-order valence-electron chi connectivity index (χ4n) is 5.76. The molecule has 0 bridgehead atoms. The molecule has 32 heavy (non-hydrogen) atoms. The summed E-state index contributed by atoms with van der Waals surface area (Å²) in [5.41, 5.74) is 0. The summed E-state index contributed by atoms with van der Waals surface area (Å²) >= 11 is 0. The van der Waals surface area contributed by atoms with E-state index in [4.69, 9.17) is 14.2 Å². The molecular weight excluding hydrogens is 428 g/mol. The second-order valence-electron chi connectivity index (χ2n) is 9.81. The van der Waals surface area contributed by atoms with Crippen LogP contribution in [0, 0.1) is 11.8 Å². The van der Waals surface area contributed by atoms with E-state index in [1.807, 2.05) is 0 Å². The molecule has 0 amide bonds. The summed E-state index contributed by atoms with van der Waals surface area (Å²) < 4.78 is 17.9. The average Bonchev–Trinajstić information content (AvgIpc) is 2.76. The van der Waals surface area contributed by atoms with Crippen LogP contribution in [0.25, 0.3) is 0 Å². The van der Waals surface area contributed by atoms with E-state index in [1.54, 1.807) is 0 Å².